The van der Waals surface area contributed by atoms with Crippen LogP contribution in [0.2, 0.25) is 0 Å². The number of benzene rings is 2. The zero-order chi connectivity index (χ0) is 15.2. The molecule has 5 heteroatoms. The predicted molar refractivity (Wildman–Crippen MR) is 81.9 cm³/mol. The van der Waals surface area contributed by atoms with Crippen LogP contribution in [0, 0.1) is 0 Å². The molecule has 0 atom stereocenters. The maximum atomic E-state index is 11.8. The van der Waals surface area contributed by atoms with E-state index in [9.17, 15) is 9.59 Å². The number of anilines is 2. The minimum atomic E-state index is -0.998. The van der Waals surface area contributed by atoms with Crippen LogP contribution in [-0.4, -0.2) is 17.1 Å². The maximum Gasteiger partial charge on any atom is 0.335 e. The van der Waals surface area contributed by atoms with E-state index in [1.54, 1.807) is 12.1 Å². The largest absolute Gasteiger partial charge is 0.478 e. The second kappa shape index (κ2) is 6.56. The quantitative estimate of drug-likeness (QED) is 0.802. The lowest BCUT2D eigenvalue weighted by molar-refractivity contribution is 0.0697. The number of carbonyl (C=O) groups is 2. The minimum absolute atomic E-state index is 0.177. The average Bonchev–Trinajstić information content (AvgIpc) is 2.48. The highest BCUT2D eigenvalue weighted by atomic mass is 16.4. The molecule has 0 bridgehead atoms. The topological polar surface area (TPSA) is 78.4 Å². The number of hydrogen-bond acceptors (Lipinski definition) is 2. The van der Waals surface area contributed by atoms with E-state index in [2.05, 4.69) is 17.6 Å². The molecule has 108 valence electrons. The van der Waals surface area contributed by atoms with Crippen LogP contribution in [0.15, 0.2) is 48.5 Å². The van der Waals surface area contributed by atoms with Gasteiger partial charge < -0.3 is 15.7 Å². The van der Waals surface area contributed by atoms with Crippen molar-refractivity contribution in [2.75, 3.05) is 10.6 Å². The number of amides is 2. The standard InChI is InChI=1S/C16H16N2O3/c1-2-11-3-7-13(8-4-11)17-16(21)18-14-9-5-12(6-10-14)15(19)20/h3-10H,2H2,1H3,(H,19,20)(H2,17,18,21). The van der Waals surface area contributed by atoms with Gasteiger partial charge in [0.1, 0.15) is 0 Å². The normalized spacial score (nSPS) is 9.95. The monoisotopic (exact) mass is 284 g/mol. The van der Waals surface area contributed by atoms with Crippen molar-refractivity contribution in [3.8, 4) is 0 Å². The Morgan fingerprint density at radius 2 is 1.38 bits per heavy atom. The van der Waals surface area contributed by atoms with Gasteiger partial charge in [-0.05, 0) is 48.4 Å². The van der Waals surface area contributed by atoms with Crippen molar-refractivity contribution in [1.82, 2.24) is 0 Å². The van der Waals surface area contributed by atoms with Gasteiger partial charge in [0.25, 0.3) is 0 Å². The second-order valence-electron chi connectivity index (χ2n) is 4.51. The summed E-state index contributed by atoms with van der Waals surface area (Å²) >= 11 is 0. The second-order valence-corrected chi connectivity index (χ2v) is 4.51. The van der Waals surface area contributed by atoms with Crippen molar-refractivity contribution >= 4 is 23.4 Å². The Labute approximate surface area is 122 Å². The Balaban J connectivity index is 1.95. The van der Waals surface area contributed by atoms with E-state index in [0.29, 0.717) is 11.4 Å². The van der Waals surface area contributed by atoms with Gasteiger partial charge in [0.15, 0.2) is 0 Å². The number of nitrogens with one attached hydrogen (secondary N) is 2. The summed E-state index contributed by atoms with van der Waals surface area (Å²) in [6, 6.07) is 13.2. The molecule has 2 rings (SSSR count). The van der Waals surface area contributed by atoms with E-state index < -0.39 is 5.97 Å². The first-order valence-electron chi connectivity index (χ1n) is 6.59. The van der Waals surface area contributed by atoms with E-state index in [1.807, 2.05) is 24.3 Å². The lowest BCUT2D eigenvalue weighted by Crippen LogP contribution is -2.19. The number of urea groups is 1. The first kappa shape index (κ1) is 14.6. The van der Waals surface area contributed by atoms with Crippen LogP contribution in [0.3, 0.4) is 0 Å². The maximum absolute atomic E-state index is 11.8. The molecule has 5 nitrogen and oxygen atoms in total. The van der Waals surface area contributed by atoms with Crippen LogP contribution in [0.4, 0.5) is 16.2 Å². The highest BCUT2D eigenvalue weighted by molar-refractivity contribution is 6.00. The van der Waals surface area contributed by atoms with Crippen LogP contribution in [-0.2, 0) is 6.42 Å². The fourth-order valence-electron chi connectivity index (χ4n) is 1.81. The van der Waals surface area contributed by atoms with Gasteiger partial charge in [-0.15, -0.1) is 0 Å². The molecule has 0 radical (unpaired) electrons. The molecule has 0 unspecified atom stereocenters. The van der Waals surface area contributed by atoms with E-state index in [1.165, 1.54) is 17.7 Å². The smallest absolute Gasteiger partial charge is 0.335 e. The lowest BCUT2D eigenvalue weighted by atomic mass is 10.1. The van der Waals surface area contributed by atoms with Gasteiger partial charge in [-0.2, -0.15) is 0 Å². The lowest BCUT2D eigenvalue weighted by Gasteiger charge is -2.08. The third-order valence-electron chi connectivity index (χ3n) is 3.01. The highest BCUT2D eigenvalue weighted by Gasteiger charge is 2.05. The van der Waals surface area contributed by atoms with E-state index in [4.69, 9.17) is 5.11 Å². The Bertz CT molecular complexity index is 634. The molecule has 2 amide bonds. The van der Waals surface area contributed by atoms with Crippen molar-refractivity contribution in [3.63, 3.8) is 0 Å². The van der Waals surface area contributed by atoms with Crippen LogP contribution in [0.25, 0.3) is 0 Å². The number of carbonyl (C=O) groups excluding carboxylic acids is 1. The average molecular weight is 284 g/mol. The fraction of sp³-hybridized carbons (Fsp3) is 0.125. The van der Waals surface area contributed by atoms with Gasteiger partial charge in [0, 0.05) is 11.4 Å². The van der Waals surface area contributed by atoms with Crippen molar-refractivity contribution in [1.29, 1.82) is 0 Å². The Morgan fingerprint density at radius 1 is 0.905 bits per heavy atom. The molecule has 3 N–H and O–H groups in total. The van der Waals surface area contributed by atoms with Crippen LogP contribution >= 0.6 is 0 Å². The molecule has 2 aromatic rings. The molecule has 0 aliphatic heterocycles. The summed E-state index contributed by atoms with van der Waals surface area (Å²) < 4.78 is 0. The molecule has 0 heterocycles. The van der Waals surface area contributed by atoms with Crippen LogP contribution in [0.1, 0.15) is 22.8 Å². The summed E-state index contributed by atoms with van der Waals surface area (Å²) in [5.41, 5.74) is 2.61. The summed E-state index contributed by atoms with van der Waals surface area (Å²) in [7, 11) is 0. The van der Waals surface area contributed by atoms with Gasteiger partial charge in [-0.3, -0.25) is 0 Å². The third-order valence-corrected chi connectivity index (χ3v) is 3.01. The summed E-state index contributed by atoms with van der Waals surface area (Å²) in [6.45, 7) is 2.07. The van der Waals surface area contributed by atoms with Crippen molar-refractivity contribution < 1.29 is 14.7 Å². The summed E-state index contributed by atoms with van der Waals surface area (Å²) in [6.07, 6.45) is 0.947. The first-order valence-corrected chi connectivity index (χ1v) is 6.59. The molecule has 0 saturated carbocycles. The van der Waals surface area contributed by atoms with Gasteiger partial charge in [-0.1, -0.05) is 19.1 Å². The molecule has 21 heavy (non-hydrogen) atoms. The zero-order valence-corrected chi connectivity index (χ0v) is 11.6. The zero-order valence-electron chi connectivity index (χ0n) is 11.6. The van der Waals surface area contributed by atoms with E-state index >= 15 is 0 Å². The molecule has 2 aromatic carbocycles. The number of aromatic carboxylic acids is 1. The van der Waals surface area contributed by atoms with Gasteiger partial charge in [0.2, 0.25) is 0 Å². The Morgan fingerprint density at radius 3 is 1.81 bits per heavy atom. The number of aryl methyl sites for hydroxylation is 1. The molecule has 0 aliphatic carbocycles. The molecular weight excluding hydrogens is 268 g/mol. The number of rotatable bonds is 4. The minimum Gasteiger partial charge on any atom is -0.478 e. The van der Waals surface area contributed by atoms with Gasteiger partial charge >= 0.3 is 12.0 Å². The Hall–Kier alpha value is -2.82. The molecule has 0 aliphatic rings. The molecule has 0 saturated heterocycles. The SMILES string of the molecule is CCc1ccc(NC(=O)Nc2ccc(C(=O)O)cc2)cc1. The Kier molecular flexibility index (Phi) is 4.56. The van der Waals surface area contributed by atoms with Gasteiger partial charge in [0.05, 0.1) is 5.56 Å². The van der Waals surface area contributed by atoms with Crippen molar-refractivity contribution in [3.05, 3.63) is 59.7 Å². The fourth-order valence-corrected chi connectivity index (χ4v) is 1.81. The number of hydrogen-bond donors (Lipinski definition) is 3. The first-order chi connectivity index (χ1) is 10.1. The van der Waals surface area contributed by atoms with E-state index in [0.717, 1.165) is 6.42 Å². The summed E-state index contributed by atoms with van der Waals surface area (Å²) in [4.78, 5) is 22.5. The van der Waals surface area contributed by atoms with E-state index in [-0.39, 0.29) is 11.6 Å². The summed E-state index contributed by atoms with van der Waals surface area (Å²) in [5, 5.41) is 14.2. The molecular formula is C16H16N2O3. The van der Waals surface area contributed by atoms with Crippen LogP contribution in [0.5, 0.6) is 0 Å². The van der Waals surface area contributed by atoms with Crippen molar-refractivity contribution in [2.24, 2.45) is 0 Å². The molecule has 0 fully saturated rings. The third kappa shape index (κ3) is 4.07. The summed E-state index contributed by atoms with van der Waals surface area (Å²) in [5.74, 6) is -0.998. The number of carboxylic acids is 1. The van der Waals surface area contributed by atoms with Crippen LogP contribution < -0.4 is 10.6 Å². The van der Waals surface area contributed by atoms with Crippen molar-refractivity contribution in [2.45, 2.75) is 13.3 Å². The predicted octanol–water partition coefficient (Wildman–Crippen LogP) is 3.59. The number of carboxylic acid groups (broad SMARTS) is 1. The van der Waals surface area contributed by atoms with Gasteiger partial charge in [-0.25, -0.2) is 9.59 Å². The highest BCUT2D eigenvalue weighted by Crippen LogP contribution is 2.12. The molecule has 0 spiro atoms. The molecule has 0 aromatic heterocycles.